The molecule has 0 atom stereocenters. The van der Waals surface area contributed by atoms with Crippen LogP contribution in [-0.2, 0) is 0 Å². The summed E-state index contributed by atoms with van der Waals surface area (Å²) < 4.78 is 6.76. The summed E-state index contributed by atoms with van der Waals surface area (Å²) in [6.07, 6.45) is 0. The first-order valence-corrected chi connectivity index (χ1v) is 17.2. The highest BCUT2D eigenvalue weighted by Crippen LogP contribution is 2.41. The van der Waals surface area contributed by atoms with Crippen LogP contribution in [0.5, 0.6) is 11.5 Å². The summed E-state index contributed by atoms with van der Waals surface area (Å²) in [4.78, 5) is 4.54. The Morgan fingerprint density at radius 3 is 0.804 bits per heavy atom. The van der Waals surface area contributed by atoms with Crippen molar-refractivity contribution in [3.8, 4) is 33.8 Å². The lowest BCUT2D eigenvalue weighted by Crippen LogP contribution is -2.09. The summed E-state index contributed by atoms with van der Waals surface area (Å²) in [5, 5.41) is 0. The van der Waals surface area contributed by atoms with E-state index in [1.807, 2.05) is 48.5 Å². The molecule has 0 heterocycles. The van der Waals surface area contributed by atoms with Crippen LogP contribution in [0.3, 0.4) is 0 Å². The van der Waals surface area contributed by atoms with E-state index in [2.05, 4.69) is 180 Å². The topological polar surface area (TPSA) is 15.7 Å². The first-order valence-electron chi connectivity index (χ1n) is 17.2. The Hall–Kier alpha value is -6.84. The molecule has 51 heavy (non-hydrogen) atoms. The Morgan fingerprint density at radius 2 is 0.490 bits per heavy atom. The molecule has 3 nitrogen and oxygen atoms in total. The van der Waals surface area contributed by atoms with Crippen molar-refractivity contribution < 1.29 is 4.74 Å². The van der Waals surface area contributed by atoms with Crippen molar-refractivity contribution >= 4 is 34.1 Å². The Kier molecular flexibility index (Phi) is 9.08. The zero-order valence-electron chi connectivity index (χ0n) is 28.1. The van der Waals surface area contributed by atoms with Crippen LogP contribution in [0.2, 0.25) is 0 Å². The monoisotopic (exact) mass is 656 g/mol. The molecule has 8 aromatic rings. The third-order valence-corrected chi connectivity index (χ3v) is 8.92. The highest BCUT2D eigenvalue weighted by molar-refractivity contribution is 5.81. The van der Waals surface area contributed by atoms with Gasteiger partial charge in [0.1, 0.15) is 11.5 Å². The standard InChI is InChI=1S/C48H36N2O/c1-5-17-39(18-6-1)49(40-19-7-2-8-20-40)43-33-29-37(30-34-43)45-25-13-15-27-47(45)51-48-28-16-14-26-46(48)38-31-35-44(36-32-38)50(41-21-9-3-10-22-41)42-23-11-4-12-24-42/h1-36H. The van der Waals surface area contributed by atoms with Crippen LogP contribution >= 0.6 is 0 Å². The van der Waals surface area contributed by atoms with Gasteiger partial charge in [0.2, 0.25) is 0 Å². The van der Waals surface area contributed by atoms with Gasteiger partial charge in [-0.1, -0.05) is 133 Å². The SMILES string of the molecule is c1ccc(N(c2ccccc2)c2ccc(-c3ccccc3Oc3ccccc3-c3ccc(N(c4ccccc4)c4ccccc4)cc3)cc2)cc1. The number of rotatable bonds is 10. The zero-order valence-corrected chi connectivity index (χ0v) is 28.1. The van der Waals surface area contributed by atoms with Crippen molar-refractivity contribution in [1.82, 2.24) is 0 Å². The largest absolute Gasteiger partial charge is 0.456 e. The number of nitrogens with zero attached hydrogens (tertiary/aromatic N) is 2. The molecule has 3 heteroatoms. The molecule has 0 aliphatic rings. The second kappa shape index (κ2) is 14.7. The zero-order chi connectivity index (χ0) is 34.2. The predicted octanol–water partition coefficient (Wildman–Crippen LogP) is 13.8. The van der Waals surface area contributed by atoms with Gasteiger partial charge in [0.15, 0.2) is 0 Å². The molecular formula is C48H36N2O. The number of anilines is 6. The number of para-hydroxylation sites is 6. The molecule has 0 unspecified atom stereocenters. The van der Waals surface area contributed by atoms with Crippen LogP contribution < -0.4 is 14.5 Å². The summed E-state index contributed by atoms with van der Waals surface area (Å²) >= 11 is 0. The van der Waals surface area contributed by atoms with Gasteiger partial charge in [-0.05, 0) is 96.1 Å². The molecule has 0 saturated carbocycles. The van der Waals surface area contributed by atoms with Crippen LogP contribution in [0.1, 0.15) is 0 Å². The second-order valence-electron chi connectivity index (χ2n) is 12.2. The summed E-state index contributed by atoms with van der Waals surface area (Å²) in [5.74, 6) is 1.60. The summed E-state index contributed by atoms with van der Waals surface area (Å²) in [6.45, 7) is 0. The average molecular weight is 657 g/mol. The third kappa shape index (κ3) is 6.87. The highest BCUT2D eigenvalue weighted by Gasteiger charge is 2.16. The lowest BCUT2D eigenvalue weighted by molar-refractivity contribution is 0.486. The van der Waals surface area contributed by atoms with Crippen LogP contribution in [-0.4, -0.2) is 0 Å². The van der Waals surface area contributed by atoms with E-state index < -0.39 is 0 Å². The van der Waals surface area contributed by atoms with Crippen molar-refractivity contribution in [1.29, 1.82) is 0 Å². The molecule has 0 aliphatic heterocycles. The Morgan fingerprint density at radius 1 is 0.235 bits per heavy atom. The third-order valence-electron chi connectivity index (χ3n) is 8.92. The quantitative estimate of drug-likeness (QED) is 0.146. The van der Waals surface area contributed by atoms with Crippen LogP contribution in [0.4, 0.5) is 34.1 Å². The molecule has 0 N–H and O–H groups in total. The number of hydrogen-bond donors (Lipinski definition) is 0. The Labute approximate surface area is 299 Å². The average Bonchev–Trinajstić information content (AvgIpc) is 3.21. The molecule has 0 aromatic heterocycles. The molecule has 0 aliphatic carbocycles. The molecule has 0 spiro atoms. The van der Waals surface area contributed by atoms with Gasteiger partial charge in [0.05, 0.1) is 0 Å². The van der Waals surface area contributed by atoms with E-state index in [1.165, 1.54) is 0 Å². The van der Waals surface area contributed by atoms with E-state index in [0.29, 0.717) is 0 Å². The smallest absolute Gasteiger partial charge is 0.135 e. The maximum atomic E-state index is 6.76. The lowest BCUT2D eigenvalue weighted by Gasteiger charge is -2.25. The molecule has 244 valence electrons. The molecule has 8 rings (SSSR count). The van der Waals surface area contributed by atoms with E-state index in [0.717, 1.165) is 67.9 Å². The maximum Gasteiger partial charge on any atom is 0.135 e. The van der Waals surface area contributed by atoms with E-state index in [9.17, 15) is 0 Å². The fourth-order valence-electron chi connectivity index (χ4n) is 6.49. The van der Waals surface area contributed by atoms with Crippen LogP contribution in [0.15, 0.2) is 218 Å². The van der Waals surface area contributed by atoms with Crippen molar-refractivity contribution in [2.45, 2.75) is 0 Å². The molecule has 0 fully saturated rings. The van der Waals surface area contributed by atoms with Gasteiger partial charge in [-0.15, -0.1) is 0 Å². The molecule has 0 bridgehead atoms. The summed E-state index contributed by atoms with van der Waals surface area (Å²) in [5.41, 5.74) is 10.8. The summed E-state index contributed by atoms with van der Waals surface area (Å²) in [6, 6.07) is 75.8. The van der Waals surface area contributed by atoms with Gasteiger partial charge < -0.3 is 14.5 Å². The number of ether oxygens (including phenoxy) is 1. The van der Waals surface area contributed by atoms with Gasteiger partial charge in [-0.3, -0.25) is 0 Å². The van der Waals surface area contributed by atoms with Gasteiger partial charge in [0.25, 0.3) is 0 Å². The molecular weight excluding hydrogens is 621 g/mol. The van der Waals surface area contributed by atoms with Crippen molar-refractivity contribution in [2.24, 2.45) is 0 Å². The van der Waals surface area contributed by atoms with Gasteiger partial charge >= 0.3 is 0 Å². The second-order valence-corrected chi connectivity index (χ2v) is 12.2. The Bertz CT molecular complexity index is 2060. The fourth-order valence-corrected chi connectivity index (χ4v) is 6.49. The highest BCUT2D eigenvalue weighted by atomic mass is 16.5. The van der Waals surface area contributed by atoms with E-state index in [1.54, 1.807) is 0 Å². The number of hydrogen-bond acceptors (Lipinski definition) is 3. The van der Waals surface area contributed by atoms with Gasteiger partial charge in [-0.2, -0.15) is 0 Å². The van der Waals surface area contributed by atoms with E-state index in [-0.39, 0.29) is 0 Å². The maximum absolute atomic E-state index is 6.76. The number of benzene rings is 8. The first-order chi connectivity index (χ1) is 25.3. The Balaban J connectivity index is 1.09. The minimum absolute atomic E-state index is 0.802. The molecule has 0 radical (unpaired) electrons. The predicted molar refractivity (Wildman–Crippen MR) is 213 cm³/mol. The van der Waals surface area contributed by atoms with Crippen molar-refractivity contribution in [3.05, 3.63) is 218 Å². The molecule has 8 aromatic carbocycles. The van der Waals surface area contributed by atoms with Crippen LogP contribution in [0, 0.1) is 0 Å². The minimum atomic E-state index is 0.802. The van der Waals surface area contributed by atoms with E-state index >= 15 is 0 Å². The van der Waals surface area contributed by atoms with Gasteiger partial charge in [-0.25, -0.2) is 0 Å². The summed E-state index contributed by atoms with van der Waals surface area (Å²) in [7, 11) is 0. The van der Waals surface area contributed by atoms with Crippen molar-refractivity contribution in [3.63, 3.8) is 0 Å². The van der Waals surface area contributed by atoms with Gasteiger partial charge in [0, 0.05) is 45.3 Å². The van der Waals surface area contributed by atoms with E-state index in [4.69, 9.17) is 4.74 Å². The van der Waals surface area contributed by atoms with Crippen molar-refractivity contribution in [2.75, 3.05) is 9.80 Å². The minimum Gasteiger partial charge on any atom is -0.456 e. The molecule has 0 saturated heterocycles. The van der Waals surface area contributed by atoms with Crippen LogP contribution in [0.25, 0.3) is 22.3 Å². The normalized spacial score (nSPS) is 10.7. The fraction of sp³-hybridized carbons (Fsp3) is 0. The lowest BCUT2D eigenvalue weighted by atomic mass is 10.0. The molecule has 0 amide bonds. The first kappa shape index (κ1) is 31.4.